The maximum absolute atomic E-state index is 13.3. The van der Waals surface area contributed by atoms with Crippen molar-refractivity contribution in [3.63, 3.8) is 0 Å². The van der Waals surface area contributed by atoms with E-state index in [4.69, 9.17) is 9.72 Å². The van der Waals surface area contributed by atoms with Crippen molar-refractivity contribution in [3.8, 4) is 5.75 Å². The number of carbonyl (C=O) groups excluding carboxylic acids is 1. The second kappa shape index (κ2) is 7.98. The number of rotatable bonds is 4. The number of benzene rings is 2. The highest BCUT2D eigenvalue weighted by atomic mass is 16.5. The van der Waals surface area contributed by atoms with E-state index in [9.17, 15) is 4.79 Å². The molecule has 1 aromatic heterocycles. The minimum atomic E-state index is 0.0901. The summed E-state index contributed by atoms with van der Waals surface area (Å²) in [4.78, 5) is 20.2. The van der Waals surface area contributed by atoms with Crippen molar-refractivity contribution in [1.29, 1.82) is 0 Å². The number of aryl methyl sites for hydroxylation is 1. The van der Waals surface area contributed by atoms with Crippen LogP contribution in [-0.4, -0.2) is 40.1 Å². The lowest BCUT2D eigenvalue weighted by atomic mass is 9.96. The van der Waals surface area contributed by atoms with Crippen molar-refractivity contribution in [2.75, 3.05) is 19.7 Å². The van der Waals surface area contributed by atoms with Crippen molar-refractivity contribution in [2.45, 2.75) is 38.6 Å². The number of ether oxygens (including phenoxy) is 1. The number of hydrogen-bond acceptors (Lipinski definition) is 3. The zero-order valence-corrected chi connectivity index (χ0v) is 17.4. The highest BCUT2D eigenvalue weighted by Gasteiger charge is 2.30. The number of aromatic nitrogens is 2. The van der Waals surface area contributed by atoms with Crippen LogP contribution in [0.2, 0.25) is 0 Å². The lowest BCUT2D eigenvalue weighted by Gasteiger charge is -2.34. The molecule has 1 fully saturated rings. The third kappa shape index (κ3) is 3.38. The molecule has 30 heavy (non-hydrogen) atoms. The Balaban J connectivity index is 1.41. The maximum Gasteiger partial charge on any atom is 0.253 e. The van der Waals surface area contributed by atoms with Crippen LogP contribution >= 0.6 is 0 Å². The predicted molar refractivity (Wildman–Crippen MR) is 118 cm³/mol. The van der Waals surface area contributed by atoms with Crippen LogP contribution in [0, 0.1) is 0 Å². The molecule has 0 N–H and O–H groups in total. The minimum Gasteiger partial charge on any atom is -0.488 e. The van der Waals surface area contributed by atoms with Crippen LogP contribution in [0.15, 0.2) is 54.1 Å². The van der Waals surface area contributed by atoms with E-state index in [0.29, 0.717) is 13.2 Å². The quantitative estimate of drug-likeness (QED) is 0.640. The molecular formula is C25H27N3O2. The first-order valence-electron chi connectivity index (χ1n) is 10.9. The number of fused-ring (bicyclic) bond motifs is 2. The summed E-state index contributed by atoms with van der Waals surface area (Å²) >= 11 is 0. The summed E-state index contributed by atoms with van der Waals surface area (Å²) < 4.78 is 8.17. The zero-order valence-electron chi connectivity index (χ0n) is 17.4. The number of amides is 1. The predicted octanol–water partition coefficient (Wildman–Crippen LogP) is 4.63. The molecule has 5 rings (SSSR count). The third-order valence-corrected chi connectivity index (χ3v) is 6.11. The van der Waals surface area contributed by atoms with Gasteiger partial charge in [0.25, 0.3) is 5.91 Å². The molecule has 3 aromatic rings. The van der Waals surface area contributed by atoms with E-state index in [1.54, 1.807) is 0 Å². The highest BCUT2D eigenvalue weighted by Crippen LogP contribution is 2.32. The van der Waals surface area contributed by atoms with Crippen LogP contribution < -0.4 is 4.74 Å². The zero-order chi connectivity index (χ0) is 20.5. The normalized spacial score (nSPS) is 18.6. The molecule has 1 saturated heterocycles. The van der Waals surface area contributed by atoms with Gasteiger partial charge in [-0.15, -0.1) is 0 Å². The fraction of sp³-hybridized carbons (Fsp3) is 0.360. The van der Waals surface area contributed by atoms with Crippen LogP contribution in [0.1, 0.15) is 43.5 Å². The van der Waals surface area contributed by atoms with Crippen molar-refractivity contribution < 1.29 is 9.53 Å². The van der Waals surface area contributed by atoms with Crippen molar-refractivity contribution >= 4 is 23.0 Å². The van der Waals surface area contributed by atoms with Gasteiger partial charge in [0.1, 0.15) is 18.2 Å². The van der Waals surface area contributed by atoms with Crippen LogP contribution in [0.3, 0.4) is 0 Å². The number of carbonyl (C=O) groups is 1. The smallest absolute Gasteiger partial charge is 0.253 e. The molecule has 2 aromatic carbocycles. The number of imidazole rings is 1. The molecular weight excluding hydrogens is 374 g/mol. The van der Waals surface area contributed by atoms with Crippen molar-refractivity contribution in [2.24, 2.45) is 0 Å². The van der Waals surface area contributed by atoms with Crippen LogP contribution in [0.5, 0.6) is 5.75 Å². The van der Waals surface area contributed by atoms with E-state index >= 15 is 0 Å². The molecule has 5 nitrogen and oxygen atoms in total. The standard InChI is InChI=1S/C25H27N3O2/c1-2-13-28-22-11-5-4-10-21(22)26-24(28)19-9-7-14-27(16-19)25(29)20-15-18-8-3-6-12-23(18)30-17-20/h3-6,8,10-12,15,19H,2,7,9,13-14,16-17H2,1H3. The van der Waals surface area contributed by atoms with Gasteiger partial charge in [-0.1, -0.05) is 37.3 Å². The summed E-state index contributed by atoms with van der Waals surface area (Å²) in [5, 5.41) is 0. The van der Waals surface area contributed by atoms with E-state index in [1.807, 2.05) is 41.3 Å². The van der Waals surface area contributed by atoms with E-state index in [0.717, 1.165) is 60.6 Å². The molecule has 154 valence electrons. The first-order valence-corrected chi connectivity index (χ1v) is 10.9. The number of nitrogens with zero attached hydrogens (tertiary/aromatic N) is 3. The molecule has 0 bridgehead atoms. The molecule has 1 amide bonds. The Bertz CT molecular complexity index is 1110. The van der Waals surface area contributed by atoms with Gasteiger partial charge in [0.2, 0.25) is 0 Å². The fourth-order valence-electron chi connectivity index (χ4n) is 4.68. The number of para-hydroxylation sites is 3. The van der Waals surface area contributed by atoms with Gasteiger partial charge in [-0.05, 0) is 43.5 Å². The van der Waals surface area contributed by atoms with Gasteiger partial charge in [-0.3, -0.25) is 4.79 Å². The molecule has 2 aliphatic rings. The Morgan fingerprint density at radius 3 is 2.90 bits per heavy atom. The Morgan fingerprint density at radius 1 is 1.17 bits per heavy atom. The summed E-state index contributed by atoms with van der Waals surface area (Å²) in [6, 6.07) is 16.2. The van der Waals surface area contributed by atoms with Gasteiger partial charge >= 0.3 is 0 Å². The van der Waals surface area contributed by atoms with Crippen molar-refractivity contribution in [3.05, 3.63) is 65.5 Å². The van der Waals surface area contributed by atoms with E-state index in [1.165, 1.54) is 5.52 Å². The second-order valence-electron chi connectivity index (χ2n) is 8.20. The first-order chi connectivity index (χ1) is 14.7. The van der Waals surface area contributed by atoms with Crippen molar-refractivity contribution in [1.82, 2.24) is 14.5 Å². The summed E-state index contributed by atoms with van der Waals surface area (Å²) in [5.41, 5.74) is 3.95. The molecule has 0 radical (unpaired) electrons. The molecule has 1 atom stereocenters. The van der Waals surface area contributed by atoms with Crippen LogP contribution in [-0.2, 0) is 11.3 Å². The first kappa shape index (κ1) is 18.9. The molecule has 3 heterocycles. The topological polar surface area (TPSA) is 47.4 Å². The Hall–Kier alpha value is -3.08. The SMILES string of the molecule is CCCn1c(C2CCCN(C(=O)C3=Cc4ccccc4OC3)C2)nc2ccccc21. The average molecular weight is 402 g/mol. The van der Waals surface area contributed by atoms with Gasteiger partial charge in [0, 0.05) is 31.1 Å². The molecule has 5 heteroatoms. The lowest BCUT2D eigenvalue weighted by molar-refractivity contribution is -0.128. The molecule has 1 unspecified atom stereocenters. The Morgan fingerprint density at radius 2 is 2.00 bits per heavy atom. The average Bonchev–Trinajstić information content (AvgIpc) is 3.17. The molecule has 0 saturated carbocycles. The summed E-state index contributed by atoms with van der Waals surface area (Å²) in [6.45, 7) is 5.00. The number of piperidine rings is 1. The second-order valence-corrected chi connectivity index (χ2v) is 8.20. The van der Waals surface area contributed by atoms with Gasteiger partial charge in [0.15, 0.2) is 0 Å². The van der Waals surface area contributed by atoms with Crippen LogP contribution in [0.4, 0.5) is 0 Å². The minimum absolute atomic E-state index is 0.0901. The largest absolute Gasteiger partial charge is 0.488 e. The van der Waals surface area contributed by atoms with Gasteiger partial charge in [0.05, 0.1) is 16.6 Å². The van der Waals surface area contributed by atoms with Gasteiger partial charge in [-0.25, -0.2) is 4.98 Å². The summed E-state index contributed by atoms with van der Waals surface area (Å²) in [5.74, 6) is 2.32. The molecule has 0 aliphatic carbocycles. The van der Waals surface area contributed by atoms with E-state index in [-0.39, 0.29) is 11.8 Å². The summed E-state index contributed by atoms with van der Waals surface area (Å²) in [7, 11) is 0. The molecule has 2 aliphatic heterocycles. The van der Waals surface area contributed by atoms with Crippen LogP contribution in [0.25, 0.3) is 17.1 Å². The van der Waals surface area contributed by atoms with E-state index in [2.05, 4.69) is 29.7 Å². The Kier molecular flexibility index (Phi) is 5.03. The Labute approximate surface area is 177 Å². The summed E-state index contributed by atoms with van der Waals surface area (Å²) in [6.07, 6.45) is 5.11. The molecule has 0 spiro atoms. The van der Waals surface area contributed by atoms with Gasteiger partial charge in [-0.2, -0.15) is 0 Å². The number of likely N-dealkylation sites (tertiary alicyclic amines) is 1. The van der Waals surface area contributed by atoms with Gasteiger partial charge < -0.3 is 14.2 Å². The number of hydrogen-bond donors (Lipinski definition) is 0. The highest BCUT2D eigenvalue weighted by molar-refractivity contribution is 5.99. The fourth-order valence-corrected chi connectivity index (χ4v) is 4.68. The van der Waals surface area contributed by atoms with E-state index < -0.39 is 0 Å². The lowest BCUT2D eigenvalue weighted by Crippen LogP contribution is -2.41. The third-order valence-electron chi connectivity index (χ3n) is 6.11. The monoisotopic (exact) mass is 401 g/mol. The maximum atomic E-state index is 13.3.